The number of nitrogens with one attached hydrogen (secondary N) is 1. The van der Waals surface area contributed by atoms with Crippen LogP contribution in [-0.4, -0.2) is 23.5 Å². The lowest BCUT2D eigenvalue weighted by Gasteiger charge is -2.20. The molecule has 0 aromatic heterocycles. The third-order valence-electron chi connectivity index (χ3n) is 3.31. The second-order valence-corrected chi connectivity index (χ2v) is 5.59. The molecule has 1 unspecified atom stereocenters. The number of rotatable bonds is 9. The standard InChI is InChI=1S/C14H27NO3/c1-5-7-8-11(6-2)10-15-12(16)9-14(3,4)13(17)18/h11H,5-10H2,1-4H3,(H,15,16)(H,17,18). The van der Waals surface area contributed by atoms with E-state index in [-0.39, 0.29) is 12.3 Å². The van der Waals surface area contributed by atoms with Crippen molar-refractivity contribution in [3.63, 3.8) is 0 Å². The van der Waals surface area contributed by atoms with Gasteiger partial charge in [0.05, 0.1) is 5.41 Å². The number of carbonyl (C=O) groups excluding carboxylic acids is 1. The number of carboxylic acids is 1. The van der Waals surface area contributed by atoms with Gasteiger partial charge in [-0.1, -0.05) is 33.1 Å². The molecule has 106 valence electrons. The predicted octanol–water partition coefficient (Wildman–Crippen LogP) is 2.82. The van der Waals surface area contributed by atoms with E-state index in [1.54, 1.807) is 13.8 Å². The van der Waals surface area contributed by atoms with Crippen molar-refractivity contribution in [3.8, 4) is 0 Å². The average Bonchev–Trinajstić information content (AvgIpc) is 2.28. The number of hydrogen-bond acceptors (Lipinski definition) is 2. The van der Waals surface area contributed by atoms with Crippen molar-refractivity contribution >= 4 is 11.9 Å². The van der Waals surface area contributed by atoms with Crippen LogP contribution < -0.4 is 5.32 Å². The quantitative estimate of drug-likeness (QED) is 0.667. The van der Waals surface area contributed by atoms with Crippen molar-refractivity contribution in [2.75, 3.05) is 6.54 Å². The van der Waals surface area contributed by atoms with E-state index in [9.17, 15) is 9.59 Å². The molecule has 0 heterocycles. The Labute approximate surface area is 110 Å². The molecule has 0 aliphatic carbocycles. The van der Waals surface area contributed by atoms with Gasteiger partial charge in [-0.25, -0.2) is 0 Å². The van der Waals surface area contributed by atoms with E-state index < -0.39 is 11.4 Å². The van der Waals surface area contributed by atoms with Crippen molar-refractivity contribution in [1.82, 2.24) is 5.32 Å². The normalized spacial score (nSPS) is 13.1. The highest BCUT2D eigenvalue weighted by Gasteiger charge is 2.30. The number of hydrogen-bond donors (Lipinski definition) is 2. The zero-order chi connectivity index (χ0) is 14.2. The van der Waals surface area contributed by atoms with E-state index in [0.29, 0.717) is 12.5 Å². The third kappa shape index (κ3) is 6.62. The Hall–Kier alpha value is -1.06. The van der Waals surface area contributed by atoms with E-state index in [2.05, 4.69) is 19.2 Å². The van der Waals surface area contributed by atoms with Crippen molar-refractivity contribution in [2.45, 2.75) is 59.8 Å². The molecule has 0 bridgehead atoms. The van der Waals surface area contributed by atoms with Crippen LogP contribution in [0, 0.1) is 11.3 Å². The van der Waals surface area contributed by atoms with Gasteiger partial charge in [-0.2, -0.15) is 0 Å². The molecule has 0 aliphatic rings. The lowest BCUT2D eigenvalue weighted by Crippen LogP contribution is -2.35. The topological polar surface area (TPSA) is 66.4 Å². The van der Waals surface area contributed by atoms with Crippen molar-refractivity contribution in [2.24, 2.45) is 11.3 Å². The molecule has 0 radical (unpaired) electrons. The van der Waals surface area contributed by atoms with Crippen LogP contribution in [0.15, 0.2) is 0 Å². The van der Waals surface area contributed by atoms with Crippen molar-refractivity contribution in [3.05, 3.63) is 0 Å². The van der Waals surface area contributed by atoms with E-state index in [4.69, 9.17) is 5.11 Å². The summed E-state index contributed by atoms with van der Waals surface area (Å²) in [5, 5.41) is 11.8. The van der Waals surface area contributed by atoms with Crippen LogP contribution in [0.2, 0.25) is 0 Å². The van der Waals surface area contributed by atoms with Crippen LogP contribution in [0.4, 0.5) is 0 Å². The van der Waals surface area contributed by atoms with E-state index in [0.717, 1.165) is 19.3 Å². The Bertz CT molecular complexity index is 274. The minimum Gasteiger partial charge on any atom is -0.481 e. The van der Waals surface area contributed by atoms with Crippen molar-refractivity contribution < 1.29 is 14.7 Å². The molecule has 4 nitrogen and oxygen atoms in total. The molecular weight excluding hydrogens is 230 g/mol. The fourth-order valence-electron chi connectivity index (χ4n) is 1.74. The Morgan fingerprint density at radius 3 is 2.33 bits per heavy atom. The number of unbranched alkanes of at least 4 members (excludes halogenated alkanes) is 1. The minimum absolute atomic E-state index is 0.0343. The highest BCUT2D eigenvalue weighted by atomic mass is 16.4. The largest absolute Gasteiger partial charge is 0.481 e. The van der Waals surface area contributed by atoms with Crippen LogP contribution in [0.1, 0.15) is 59.8 Å². The summed E-state index contributed by atoms with van der Waals surface area (Å²) in [4.78, 5) is 22.6. The Morgan fingerprint density at radius 1 is 1.28 bits per heavy atom. The molecule has 0 fully saturated rings. The fraction of sp³-hybridized carbons (Fsp3) is 0.857. The lowest BCUT2D eigenvalue weighted by atomic mass is 9.89. The first-order valence-corrected chi connectivity index (χ1v) is 6.83. The fourth-order valence-corrected chi connectivity index (χ4v) is 1.74. The van der Waals surface area contributed by atoms with E-state index in [1.165, 1.54) is 6.42 Å². The van der Waals surface area contributed by atoms with Crippen LogP contribution in [0.3, 0.4) is 0 Å². The maximum Gasteiger partial charge on any atom is 0.309 e. The van der Waals surface area contributed by atoms with Gasteiger partial charge in [0.15, 0.2) is 0 Å². The van der Waals surface area contributed by atoms with Crippen LogP contribution in [-0.2, 0) is 9.59 Å². The van der Waals surface area contributed by atoms with Crippen molar-refractivity contribution in [1.29, 1.82) is 0 Å². The van der Waals surface area contributed by atoms with Crippen LogP contribution in [0.5, 0.6) is 0 Å². The molecule has 2 N–H and O–H groups in total. The van der Waals surface area contributed by atoms with Crippen LogP contribution >= 0.6 is 0 Å². The Balaban J connectivity index is 4.05. The number of aliphatic carboxylic acids is 1. The summed E-state index contributed by atoms with van der Waals surface area (Å²) < 4.78 is 0. The number of amides is 1. The predicted molar refractivity (Wildman–Crippen MR) is 72.3 cm³/mol. The number of carbonyl (C=O) groups is 2. The molecule has 0 saturated carbocycles. The van der Waals surface area contributed by atoms with Gasteiger partial charge in [-0.15, -0.1) is 0 Å². The lowest BCUT2D eigenvalue weighted by molar-refractivity contribution is -0.149. The smallest absolute Gasteiger partial charge is 0.309 e. The molecule has 4 heteroatoms. The molecule has 0 aliphatic heterocycles. The van der Waals surface area contributed by atoms with Gasteiger partial charge < -0.3 is 10.4 Å². The second-order valence-electron chi connectivity index (χ2n) is 5.59. The highest BCUT2D eigenvalue weighted by Crippen LogP contribution is 2.20. The summed E-state index contributed by atoms with van der Waals surface area (Å²) in [6, 6.07) is 0. The molecule has 0 aromatic rings. The number of carboxylic acid groups (broad SMARTS) is 1. The highest BCUT2D eigenvalue weighted by molar-refractivity contribution is 5.84. The Morgan fingerprint density at radius 2 is 1.89 bits per heavy atom. The second kappa shape index (κ2) is 8.11. The van der Waals surface area contributed by atoms with Gasteiger partial charge in [0.2, 0.25) is 5.91 Å². The summed E-state index contributed by atoms with van der Waals surface area (Å²) in [7, 11) is 0. The first kappa shape index (κ1) is 16.9. The average molecular weight is 257 g/mol. The van der Waals surface area contributed by atoms with E-state index >= 15 is 0 Å². The minimum atomic E-state index is -0.991. The maximum atomic E-state index is 11.7. The molecular formula is C14H27NO3. The zero-order valence-corrected chi connectivity index (χ0v) is 12.1. The van der Waals surface area contributed by atoms with Crippen LogP contribution in [0.25, 0.3) is 0 Å². The monoisotopic (exact) mass is 257 g/mol. The summed E-state index contributed by atoms with van der Waals surface area (Å²) in [5.74, 6) is -0.602. The summed E-state index contributed by atoms with van der Waals surface area (Å²) in [6.45, 7) is 8.08. The SMILES string of the molecule is CCCCC(CC)CNC(=O)CC(C)(C)C(=O)O. The molecule has 0 aromatic carbocycles. The molecule has 0 saturated heterocycles. The van der Waals surface area contributed by atoms with Gasteiger partial charge in [0, 0.05) is 13.0 Å². The summed E-state index contributed by atoms with van der Waals surface area (Å²) >= 11 is 0. The first-order valence-electron chi connectivity index (χ1n) is 6.83. The Kier molecular flexibility index (Phi) is 7.64. The summed E-state index contributed by atoms with van der Waals surface area (Å²) in [5.41, 5.74) is -0.991. The molecule has 0 spiro atoms. The first-order chi connectivity index (χ1) is 8.33. The summed E-state index contributed by atoms with van der Waals surface area (Å²) in [6.07, 6.45) is 4.54. The van der Waals surface area contributed by atoms with Gasteiger partial charge in [0.25, 0.3) is 0 Å². The van der Waals surface area contributed by atoms with Gasteiger partial charge in [-0.05, 0) is 26.2 Å². The maximum absolute atomic E-state index is 11.7. The third-order valence-corrected chi connectivity index (χ3v) is 3.31. The zero-order valence-electron chi connectivity index (χ0n) is 12.1. The van der Waals surface area contributed by atoms with Gasteiger partial charge in [0.1, 0.15) is 0 Å². The molecule has 0 rings (SSSR count). The van der Waals surface area contributed by atoms with Gasteiger partial charge in [-0.3, -0.25) is 9.59 Å². The molecule has 1 amide bonds. The van der Waals surface area contributed by atoms with E-state index in [1.807, 2.05) is 0 Å². The van der Waals surface area contributed by atoms with Gasteiger partial charge >= 0.3 is 5.97 Å². The molecule has 18 heavy (non-hydrogen) atoms. The molecule has 1 atom stereocenters.